The van der Waals surface area contributed by atoms with Crippen molar-refractivity contribution in [3.8, 4) is 5.75 Å². The van der Waals surface area contributed by atoms with Crippen LogP contribution in [-0.2, 0) is 24.3 Å². The minimum absolute atomic E-state index is 0.122. The molecule has 120 valence electrons. The highest BCUT2D eigenvalue weighted by molar-refractivity contribution is 7.89. The molecule has 0 aromatic heterocycles. The smallest absolute Gasteiger partial charge is 0.357 e. The van der Waals surface area contributed by atoms with E-state index in [-0.39, 0.29) is 16.3 Å². The Bertz CT molecular complexity index is 735. The first kappa shape index (κ1) is 16.2. The van der Waals surface area contributed by atoms with Crippen LogP contribution >= 0.6 is 0 Å². The molecule has 8 nitrogen and oxygen atoms in total. The van der Waals surface area contributed by atoms with Crippen LogP contribution in [0.25, 0.3) is 0 Å². The predicted molar refractivity (Wildman–Crippen MR) is 76.7 cm³/mol. The number of hydrogen-bond donors (Lipinski definition) is 2. The Morgan fingerprint density at radius 1 is 1.36 bits per heavy atom. The van der Waals surface area contributed by atoms with Crippen LogP contribution in [0.2, 0.25) is 0 Å². The molecule has 9 heteroatoms. The number of nitrogens with two attached hydrogens (primary N) is 1. The van der Waals surface area contributed by atoms with Gasteiger partial charge in [0.15, 0.2) is 0 Å². The molecular formula is C13H16N2O6S. The van der Waals surface area contributed by atoms with Crippen molar-refractivity contribution in [3.63, 3.8) is 0 Å². The molecule has 0 aliphatic carbocycles. The Hall–Kier alpha value is -2.13. The summed E-state index contributed by atoms with van der Waals surface area (Å²) >= 11 is 0. The highest BCUT2D eigenvalue weighted by Crippen LogP contribution is 2.32. The van der Waals surface area contributed by atoms with E-state index in [0.717, 1.165) is 6.07 Å². The maximum atomic E-state index is 11.9. The number of anilines is 1. The fourth-order valence-electron chi connectivity index (χ4n) is 1.78. The van der Waals surface area contributed by atoms with E-state index in [0.29, 0.717) is 0 Å². The van der Waals surface area contributed by atoms with Gasteiger partial charge in [-0.25, -0.2) is 18.4 Å². The number of fused-ring (bicyclic) bond motifs is 1. The summed E-state index contributed by atoms with van der Waals surface area (Å²) in [6.07, 6.45) is -1.45. The van der Waals surface area contributed by atoms with Gasteiger partial charge >= 0.3 is 5.97 Å². The van der Waals surface area contributed by atoms with Gasteiger partial charge in [-0.05, 0) is 39.0 Å². The second-order valence-electron chi connectivity index (χ2n) is 5.72. The largest absolute Gasteiger partial charge is 0.466 e. The van der Waals surface area contributed by atoms with Gasteiger partial charge < -0.3 is 14.8 Å². The normalized spacial score (nSPS) is 18.0. The maximum Gasteiger partial charge on any atom is 0.357 e. The molecule has 1 aliphatic rings. The standard InChI is InChI=1S/C13H16N2O6S/c1-13(2,3)21-12(17)10-11(16)15-8-6-7(22(14,18)19)4-5-9(8)20-10/h4-6,10H,1-3H3,(H,15,16)(H2,14,18,19). The number of sulfonamides is 1. The van der Waals surface area contributed by atoms with E-state index >= 15 is 0 Å². The average Bonchev–Trinajstić information content (AvgIpc) is 2.33. The Kier molecular flexibility index (Phi) is 3.88. The molecule has 0 bridgehead atoms. The summed E-state index contributed by atoms with van der Waals surface area (Å²) in [5.41, 5.74) is -0.644. The Morgan fingerprint density at radius 2 is 2.00 bits per heavy atom. The zero-order valence-electron chi connectivity index (χ0n) is 12.2. The topological polar surface area (TPSA) is 125 Å². The van der Waals surface area contributed by atoms with E-state index in [1.807, 2.05) is 0 Å². The average molecular weight is 328 g/mol. The fraction of sp³-hybridized carbons (Fsp3) is 0.385. The van der Waals surface area contributed by atoms with Gasteiger partial charge in [-0.1, -0.05) is 0 Å². The number of rotatable bonds is 2. The van der Waals surface area contributed by atoms with E-state index in [4.69, 9.17) is 14.6 Å². The van der Waals surface area contributed by atoms with Crippen LogP contribution in [0.1, 0.15) is 20.8 Å². The number of carbonyl (C=O) groups excluding carboxylic acids is 2. The predicted octanol–water partition coefficient (Wildman–Crippen LogP) is 0.375. The molecule has 1 aromatic rings. The number of esters is 1. The van der Waals surface area contributed by atoms with Crippen molar-refractivity contribution in [2.24, 2.45) is 5.14 Å². The summed E-state index contributed by atoms with van der Waals surface area (Å²) in [5.74, 6) is -1.41. The van der Waals surface area contributed by atoms with Gasteiger partial charge in [0.2, 0.25) is 10.0 Å². The molecule has 0 saturated carbocycles. The molecule has 0 spiro atoms. The van der Waals surface area contributed by atoms with Crippen molar-refractivity contribution in [2.45, 2.75) is 37.4 Å². The third-order valence-corrected chi connectivity index (χ3v) is 3.55. The minimum atomic E-state index is -3.91. The van der Waals surface area contributed by atoms with Crippen molar-refractivity contribution < 1.29 is 27.5 Å². The van der Waals surface area contributed by atoms with E-state index in [9.17, 15) is 18.0 Å². The van der Waals surface area contributed by atoms with Crippen molar-refractivity contribution in [3.05, 3.63) is 18.2 Å². The van der Waals surface area contributed by atoms with Gasteiger partial charge in [-0.15, -0.1) is 0 Å². The van der Waals surface area contributed by atoms with E-state index in [2.05, 4.69) is 5.32 Å². The summed E-state index contributed by atoms with van der Waals surface area (Å²) in [5, 5.41) is 7.42. The Balaban J connectivity index is 2.28. The third-order valence-electron chi connectivity index (χ3n) is 2.64. The SMILES string of the molecule is CC(C)(C)OC(=O)C1Oc2ccc(S(N)(=O)=O)cc2NC1=O. The van der Waals surface area contributed by atoms with Gasteiger partial charge in [0, 0.05) is 0 Å². The molecule has 1 amide bonds. The first-order valence-electron chi connectivity index (χ1n) is 6.34. The van der Waals surface area contributed by atoms with Crippen LogP contribution in [0.3, 0.4) is 0 Å². The zero-order chi connectivity index (χ0) is 16.7. The van der Waals surface area contributed by atoms with Crippen LogP contribution in [0.15, 0.2) is 23.1 Å². The van der Waals surface area contributed by atoms with Gasteiger partial charge in [-0.2, -0.15) is 0 Å². The Labute approximate surface area is 127 Å². The van der Waals surface area contributed by atoms with Crippen molar-refractivity contribution in [1.29, 1.82) is 0 Å². The van der Waals surface area contributed by atoms with Crippen molar-refractivity contribution >= 4 is 27.6 Å². The van der Waals surface area contributed by atoms with Crippen LogP contribution in [-0.4, -0.2) is 32.0 Å². The molecule has 1 aromatic carbocycles. The van der Waals surface area contributed by atoms with Crippen molar-refractivity contribution in [2.75, 3.05) is 5.32 Å². The van der Waals surface area contributed by atoms with Gasteiger partial charge in [0.1, 0.15) is 11.4 Å². The molecule has 0 fully saturated rings. The molecule has 3 N–H and O–H groups in total. The number of nitrogens with one attached hydrogen (secondary N) is 1. The minimum Gasteiger partial charge on any atom is -0.466 e. The highest BCUT2D eigenvalue weighted by atomic mass is 32.2. The van der Waals surface area contributed by atoms with Gasteiger partial charge in [0.05, 0.1) is 10.6 Å². The van der Waals surface area contributed by atoms with E-state index < -0.39 is 33.6 Å². The summed E-state index contributed by atoms with van der Waals surface area (Å²) in [4.78, 5) is 23.7. The second kappa shape index (κ2) is 5.25. The molecule has 1 unspecified atom stereocenters. The van der Waals surface area contributed by atoms with Crippen LogP contribution in [0.4, 0.5) is 5.69 Å². The lowest BCUT2D eigenvalue weighted by atomic mass is 10.1. The molecular weight excluding hydrogens is 312 g/mol. The van der Waals surface area contributed by atoms with Crippen LogP contribution in [0.5, 0.6) is 5.75 Å². The van der Waals surface area contributed by atoms with E-state index in [1.54, 1.807) is 20.8 Å². The van der Waals surface area contributed by atoms with Crippen LogP contribution in [0, 0.1) is 0 Å². The number of amides is 1. The van der Waals surface area contributed by atoms with E-state index in [1.165, 1.54) is 12.1 Å². The quantitative estimate of drug-likeness (QED) is 0.597. The van der Waals surface area contributed by atoms with Crippen LogP contribution < -0.4 is 15.2 Å². The highest BCUT2D eigenvalue weighted by Gasteiger charge is 2.37. The fourth-order valence-corrected chi connectivity index (χ4v) is 2.32. The Morgan fingerprint density at radius 3 is 2.55 bits per heavy atom. The number of hydrogen-bond acceptors (Lipinski definition) is 6. The first-order valence-corrected chi connectivity index (χ1v) is 7.89. The number of carbonyl (C=O) groups is 2. The molecule has 2 rings (SSSR count). The summed E-state index contributed by atoms with van der Waals surface area (Å²) in [6.45, 7) is 4.99. The summed E-state index contributed by atoms with van der Waals surface area (Å²) in [7, 11) is -3.91. The lowest BCUT2D eigenvalue weighted by Gasteiger charge is -2.27. The number of benzene rings is 1. The lowest BCUT2D eigenvalue weighted by molar-refractivity contribution is -0.165. The number of ether oxygens (including phenoxy) is 2. The maximum absolute atomic E-state index is 11.9. The zero-order valence-corrected chi connectivity index (χ0v) is 13.1. The monoisotopic (exact) mass is 328 g/mol. The van der Waals surface area contributed by atoms with Gasteiger partial charge in [0.25, 0.3) is 12.0 Å². The molecule has 22 heavy (non-hydrogen) atoms. The van der Waals surface area contributed by atoms with Gasteiger partial charge in [-0.3, -0.25) is 4.79 Å². The molecule has 0 saturated heterocycles. The molecule has 0 radical (unpaired) electrons. The molecule has 1 aliphatic heterocycles. The lowest BCUT2D eigenvalue weighted by Crippen LogP contribution is -2.46. The van der Waals surface area contributed by atoms with Crippen molar-refractivity contribution in [1.82, 2.24) is 0 Å². The molecule has 1 heterocycles. The first-order chi connectivity index (χ1) is 9.97. The third kappa shape index (κ3) is 3.55. The summed E-state index contributed by atoms with van der Waals surface area (Å²) < 4.78 is 33.0. The molecule has 1 atom stereocenters. The summed E-state index contributed by atoms with van der Waals surface area (Å²) in [6, 6.07) is 3.69. The second-order valence-corrected chi connectivity index (χ2v) is 7.29. The number of primary sulfonamides is 1.